The lowest BCUT2D eigenvalue weighted by Gasteiger charge is -2.35. The van der Waals surface area contributed by atoms with Crippen LogP contribution >= 0.6 is 0 Å². The van der Waals surface area contributed by atoms with E-state index in [1.807, 2.05) is 12.1 Å². The van der Waals surface area contributed by atoms with Crippen LogP contribution in [0.2, 0.25) is 0 Å². The summed E-state index contributed by atoms with van der Waals surface area (Å²) in [5.74, 6) is -2.06. The van der Waals surface area contributed by atoms with Crippen molar-refractivity contribution in [3.05, 3.63) is 53.9 Å². The fraction of sp³-hybridized carbons (Fsp3) is 0.263. The number of nitrogens with zero attached hydrogens (tertiary/aromatic N) is 2. The minimum Gasteiger partial charge on any atom is -0.399 e. The summed E-state index contributed by atoms with van der Waals surface area (Å²) in [7, 11) is 0. The molecule has 8 nitrogen and oxygen atoms in total. The molecule has 1 atom stereocenters. The number of primary amides is 1. The number of carbonyl (C=O) groups excluding carboxylic acids is 3. The molecule has 0 unspecified atom stereocenters. The van der Waals surface area contributed by atoms with Crippen LogP contribution in [0.25, 0.3) is 0 Å². The summed E-state index contributed by atoms with van der Waals surface area (Å²) in [5, 5.41) is 2.49. The fourth-order valence-corrected chi connectivity index (χ4v) is 3.20. The number of benzene rings is 1. The Morgan fingerprint density at radius 3 is 2.56 bits per heavy atom. The van der Waals surface area contributed by atoms with E-state index in [0.717, 1.165) is 24.8 Å². The van der Waals surface area contributed by atoms with Crippen molar-refractivity contribution in [3.8, 4) is 0 Å². The van der Waals surface area contributed by atoms with E-state index in [2.05, 4.69) is 10.3 Å². The predicted molar refractivity (Wildman–Crippen MR) is 101 cm³/mol. The van der Waals surface area contributed by atoms with Crippen LogP contribution in [0.5, 0.6) is 0 Å². The molecule has 5 N–H and O–H groups in total. The number of likely N-dealkylation sites (tertiary alicyclic amines) is 1. The van der Waals surface area contributed by atoms with Crippen molar-refractivity contribution in [3.63, 3.8) is 0 Å². The van der Waals surface area contributed by atoms with Gasteiger partial charge in [0.15, 0.2) is 0 Å². The van der Waals surface area contributed by atoms with Gasteiger partial charge in [-0.3, -0.25) is 19.4 Å². The van der Waals surface area contributed by atoms with Gasteiger partial charge in [0, 0.05) is 18.4 Å². The second-order valence-electron chi connectivity index (χ2n) is 6.46. The number of nitrogen functional groups attached to an aromatic ring is 1. The molecule has 1 aromatic heterocycles. The normalized spacial score (nSPS) is 16.6. The molecule has 2 heterocycles. The van der Waals surface area contributed by atoms with Crippen molar-refractivity contribution in [2.75, 3.05) is 17.6 Å². The molecule has 1 saturated heterocycles. The lowest BCUT2D eigenvalue weighted by molar-refractivity contribution is -0.145. The van der Waals surface area contributed by atoms with Crippen molar-refractivity contribution in [1.29, 1.82) is 0 Å². The van der Waals surface area contributed by atoms with E-state index in [4.69, 9.17) is 11.5 Å². The molecular weight excluding hydrogens is 346 g/mol. The Hall–Kier alpha value is -3.42. The van der Waals surface area contributed by atoms with Gasteiger partial charge in [-0.15, -0.1) is 0 Å². The Bertz CT molecular complexity index is 866. The van der Waals surface area contributed by atoms with Crippen molar-refractivity contribution < 1.29 is 14.4 Å². The minimum atomic E-state index is -0.777. The average Bonchev–Trinajstić information content (AvgIpc) is 2.68. The van der Waals surface area contributed by atoms with Gasteiger partial charge in [-0.1, -0.05) is 12.1 Å². The highest BCUT2D eigenvalue weighted by atomic mass is 16.2. The Morgan fingerprint density at radius 1 is 1.11 bits per heavy atom. The van der Waals surface area contributed by atoms with Crippen molar-refractivity contribution >= 4 is 29.1 Å². The van der Waals surface area contributed by atoms with Crippen LogP contribution in [0, 0.1) is 0 Å². The second kappa shape index (κ2) is 7.86. The average molecular weight is 367 g/mol. The maximum absolute atomic E-state index is 12.7. The Morgan fingerprint density at radius 2 is 1.85 bits per heavy atom. The number of hydrogen-bond donors (Lipinski definition) is 3. The van der Waals surface area contributed by atoms with Crippen LogP contribution in [-0.2, 0) is 9.59 Å². The first-order valence-electron chi connectivity index (χ1n) is 8.68. The Labute approximate surface area is 156 Å². The molecule has 3 amide bonds. The van der Waals surface area contributed by atoms with E-state index in [9.17, 15) is 14.4 Å². The molecule has 3 rings (SSSR count). The fourth-order valence-electron chi connectivity index (χ4n) is 3.20. The van der Waals surface area contributed by atoms with Crippen LogP contribution in [0.15, 0.2) is 42.7 Å². The summed E-state index contributed by atoms with van der Waals surface area (Å²) < 4.78 is 0. The molecule has 1 aliphatic rings. The molecule has 2 aromatic rings. The lowest BCUT2D eigenvalue weighted by Crippen LogP contribution is -2.44. The van der Waals surface area contributed by atoms with E-state index in [1.165, 1.54) is 18.5 Å². The summed E-state index contributed by atoms with van der Waals surface area (Å²) in [4.78, 5) is 41.9. The number of aromatic nitrogens is 1. The van der Waals surface area contributed by atoms with Gasteiger partial charge in [-0.05, 0) is 43.0 Å². The topological polar surface area (TPSA) is 131 Å². The van der Waals surface area contributed by atoms with E-state index in [1.54, 1.807) is 17.0 Å². The number of nitrogens with two attached hydrogens (primary N) is 2. The summed E-state index contributed by atoms with van der Waals surface area (Å²) in [6, 6.07) is 8.54. The summed E-state index contributed by atoms with van der Waals surface area (Å²) in [5.41, 5.74) is 12.9. The number of carbonyl (C=O) groups is 3. The minimum absolute atomic E-state index is 0.151. The highest BCUT2D eigenvalue weighted by Gasteiger charge is 2.31. The SMILES string of the molecule is NC(=O)c1cncc(NC(=O)C(=O)N2CCCC[C@H]2c2ccc(N)cc2)c1. The first-order valence-corrected chi connectivity index (χ1v) is 8.68. The van der Waals surface area contributed by atoms with E-state index < -0.39 is 17.7 Å². The second-order valence-corrected chi connectivity index (χ2v) is 6.46. The highest BCUT2D eigenvalue weighted by Crippen LogP contribution is 2.31. The third kappa shape index (κ3) is 4.22. The van der Waals surface area contributed by atoms with Crippen LogP contribution in [0.3, 0.4) is 0 Å². The molecule has 8 heteroatoms. The molecule has 140 valence electrons. The molecule has 27 heavy (non-hydrogen) atoms. The van der Waals surface area contributed by atoms with Crippen LogP contribution < -0.4 is 16.8 Å². The number of piperidine rings is 1. The number of pyridine rings is 1. The van der Waals surface area contributed by atoms with Crippen LogP contribution in [0.1, 0.15) is 41.2 Å². The molecule has 0 spiro atoms. The summed E-state index contributed by atoms with van der Waals surface area (Å²) >= 11 is 0. The van der Waals surface area contributed by atoms with E-state index in [-0.39, 0.29) is 17.3 Å². The van der Waals surface area contributed by atoms with E-state index in [0.29, 0.717) is 12.2 Å². The maximum Gasteiger partial charge on any atom is 0.313 e. The maximum atomic E-state index is 12.7. The van der Waals surface area contributed by atoms with E-state index >= 15 is 0 Å². The molecule has 1 fully saturated rings. The standard InChI is InChI=1S/C19H21N5O3/c20-14-6-4-12(5-7-14)16-3-1-2-8-24(16)19(27)18(26)23-15-9-13(17(21)25)10-22-11-15/h4-7,9-11,16H,1-3,8,20H2,(H2,21,25)(H,23,26)/t16-/m0/s1. The number of anilines is 2. The van der Waals surface area contributed by atoms with Gasteiger partial charge in [0.25, 0.3) is 0 Å². The van der Waals surface area contributed by atoms with Gasteiger partial charge in [0.1, 0.15) is 0 Å². The van der Waals surface area contributed by atoms with Crippen molar-refractivity contribution in [1.82, 2.24) is 9.88 Å². The zero-order valence-corrected chi connectivity index (χ0v) is 14.7. The van der Waals surface area contributed by atoms with Crippen molar-refractivity contribution in [2.45, 2.75) is 25.3 Å². The largest absolute Gasteiger partial charge is 0.399 e. The van der Waals surface area contributed by atoms with Crippen LogP contribution in [-0.4, -0.2) is 34.2 Å². The third-order valence-corrected chi connectivity index (χ3v) is 4.56. The quantitative estimate of drug-likeness (QED) is 0.558. The highest BCUT2D eigenvalue weighted by molar-refractivity contribution is 6.39. The molecule has 1 aliphatic heterocycles. The Balaban J connectivity index is 1.76. The summed E-state index contributed by atoms with van der Waals surface area (Å²) in [6.07, 6.45) is 5.24. The first kappa shape index (κ1) is 18.4. The number of rotatable bonds is 3. The summed E-state index contributed by atoms with van der Waals surface area (Å²) in [6.45, 7) is 0.501. The van der Waals surface area contributed by atoms with Crippen molar-refractivity contribution in [2.24, 2.45) is 5.73 Å². The molecular formula is C19H21N5O3. The number of amides is 3. The van der Waals surface area contributed by atoms with Gasteiger partial charge in [-0.2, -0.15) is 0 Å². The third-order valence-electron chi connectivity index (χ3n) is 4.56. The van der Waals surface area contributed by atoms with Gasteiger partial charge in [0.2, 0.25) is 5.91 Å². The number of hydrogen-bond acceptors (Lipinski definition) is 5. The monoisotopic (exact) mass is 367 g/mol. The molecule has 1 aromatic carbocycles. The molecule has 0 bridgehead atoms. The predicted octanol–water partition coefficient (Wildman–Crippen LogP) is 1.45. The Kier molecular flexibility index (Phi) is 5.35. The molecule has 0 radical (unpaired) electrons. The first-order chi connectivity index (χ1) is 13.0. The van der Waals surface area contributed by atoms with Crippen LogP contribution in [0.4, 0.5) is 11.4 Å². The zero-order chi connectivity index (χ0) is 19.4. The molecule has 0 aliphatic carbocycles. The van der Waals surface area contributed by atoms with Gasteiger partial charge >= 0.3 is 11.8 Å². The van der Waals surface area contributed by atoms with Gasteiger partial charge < -0.3 is 21.7 Å². The smallest absolute Gasteiger partial charge is 0.313 e. The lowest BCUT2D eigenvalue weighted by atomic mass is 9.95. The zero-order valence-electron chi connectivity index (χ0n) is 14.7. The van der Waals surface area contributed by atoms with Gasteiger partial charge in [0.05, 0.1) is 23.5 Å². The number of nitrogens with one attached hydrogen (secondary N) is 1. The molecule has 0 saturated carbocycles. The van der Waals surface area contributed by atoms with Gasteiger partial charge in [-0.25, -0.2) is 0 Å².